The van der Waals surface area contributed by atoms with Gasteiger partial charge in [0.05, 0.1) is 0 Å². The Morgan fingerprint density at radius 2 is 1.81 bits per heavy atom. The minimum absolute atomic E-state index is 0.787. The lowest BCUT2D eigenvalue weighted by Crippen LogP contribution is -1.90. The highest BCUT2D eigenvalue weighted by Crippen LogP contribution is 2.33. The zero-order valence-electron chi connectivity index (χ0n) is 8.83. The minimum Gasteiger partial charge on any atom is -0.384 e. The van der Waals surface area contributed by atoms with Crippen LogP contribution in [0.25, 0.3) is 11.1 Å². The maximum absolute atomic E-state index is 5.90. The summed E-state index contributed by atoms with van der Waals surface area (Å²) in [7, 11) is 0. The van der Waals surface area contributed by atoms with Crippen LogP contribution in [-0.4, -0.2) is 6.54 Å². The number of rotatable bonds is 1. The second-order valence-electron chi connectivity index (χ2n) is 4.02. The molecule has 1 heterocycles. The van der Waals surface area contributed by atoms with Crippen molar-refractivity contribution < 1.29 is 0 Å². The van der Waals surface area contributed by atoms with Crippen molar-refractivity contribution in [2.75, 3.05) is 11.9 Å². The number of nitrogens with one attached hydrogen (secondary N) is 1. The van der Waals surface area contributed by atoms with E-state index in [1.165, 1.54) is 22.4 Å². The Balaban J connectivity index is 2.13. The Morgan fingerprint density at radius 1 is 1.00 bits per heavy atom. The molecule has 0 atom stereocenters. The van der Waals surface area contributed by atoms with Crippen LogP contribution in [0.3, 0.4) is 0 Å². The van der Waals surface area contributed by atoms with Gasteiger partial charge in [-0.25, -0.2) is 0 Å². The first-order valence-electron chi connectivity index (χ1n) is 5.46. The topological polar surface area (TPSA) is 12.0 Å². The molecule has 1 aliphatic rings. The van der Waals surface area contributed by atoms with Crippen molar-refractivity contribution in [2.24, 2.45) is 0 Å². The van der Waals surface area contributed by atoms with Gasteiger partial charge in [-0.05, 0) is 41.3 Å². The summed E-state index contributed by atoms with van der Waals surface area (Å²) in [6, 6.07) is 14.5. The summed E-state index contributed by atoms with van der Waals surface area (Å²) in [5.41, 5.74) is 5.25. The van der Waals surface area contributed by atoms with Gasteiger partial charge in [-0.2, -0.15) is 0 Å². The molecule has 0 radical (unpaired) electrons. The molecule has 0 aromatic heterocycles. The standard InChI is InChI=1S/C14H12ClN/c15-11-6-4-10(5-7-11)12-2-1-3-14-13(12)8-9-16-14/h1-7,16H,8-9H2. The summed E-state index contributed by atoms with van der Waals surface area (Å²) >= 11 is 5.90. The van der Waals surface area contributed by atoms with Crippen molar-refractivity contribution in [3.05, 3.63) is 53.1 Å². The van der Waals surface area contributed by atoms with Crippen LogP contribution in [0.5, 0.6) is 0 Å². The Hall–Kier alpha value is -1.47. The van der Waals surface area contributed by atoms with Crippen molar-refractivity contribution in [3.63, 3.8) is 0 Å². The Bertz CT molecular complexity index is 517. The van der Waals surface area contributed by atoms with Gasteiger partial charge in [-0.3, -0.25) is 0 Å². The average Bonchev–Trinajstić information content (AvgIpc) is 2.78. The molecule has 0 unspecified atom stereocenters. The fourth-order valence-electron chi connectivity index (χ4n) is 2.24. The first-order valence-corrected chi connectivity index (χ1v) is 5.84. The van der Waals surface area contributed by atoms with Gasteiger partial charge in [-0.15, -0.1) is 0 Å². The summed E-state index contributed by atoms with van der Waals surface area (Å²) in [6.45, 7) is 1.04. The summed E-state index contributed by atoms with van der Waals surface area (Å²) < 4.78 is 0. The van der Waals surface area contributed by atoms with Gasteiger partial charge < -0.3 is 5.32 Å². The number of hydrogen-bond donors (Lipinski definition) is 1. The molecule has 0 aliphatic carbocycles. The number of benzene rings is 2. The summed E-state index contributed by atoms with van der Waals surface area (Å²) in [5, 5.41) is 4.18. The van der Waals surface area contributed by atoms with Crippen LogP contribution in [0.1, 0.15) is 5.56 Å². The van der Waals surface area contributed by atoms with Crippen LogP contribution >= 0.6 is 11.6 Å². The van der Waals surface area contributed by atoms with E-state index in [4.69, 9.17) is 11.6 Å². The van der Waals surface area contributed by atoms with Gasteiger partial charge in [0.25, 0.3) is 0 Å². The summed E-state index contributed by atoms with van der Waals surface area (Å²) in [6.07, 6.45) is 1.11. The Labute approximate surface area is 100 Å². The zero-order valence-corrected chi connectivity index (χ0v) is 9.59. The molecule has 1 nitrogen and oxygen atoms in total. The van der Waals surface area contributed by atoms with Crippen molar-refractivity contribution in [1.82, 2.24) is 0 Å². The molecule has 2 heteroatoms. The molecule has 1 N–H and O–H groups in total. The van der Waals surface area contributed by atoms with E-state index in [2.05, 4.69) is 35.6 Å². The molecular formula is C14H12ClN. The minimum atomic E-state index is 0.787. The zero-order chi connectivity index (χ0) is 11.0. The van der Waals surface area contributed by atoms with Crippen LogP contribution in [0, 0.1) is 0 Å². The smallest absolute Gasteiger partial charge is 0.0406 e. The second-order valence-corrected chi connectivity index (χ2v) is 4.45. The lowest BCUT2D eigenvalue weighted by Gasteiger charge is -2.07. The van der Waals surface area contributed by atoms with Crippen LogP contribution in [0.2, 0.25) is 5.02 Å². The highest BCUT2D eigenvalue weighted by molar-refractivity contribution is 6.30. The number of fused-ring (bicyclic) bond motifs is 1. The highest BCUT2D eigenvalue weighted by Gasteiger charge is 2.14. The third kappa shape index (κ3) is 1.57. The van der Waals surface area contributed by atoms with E-state index in [0.29, 0.717) is 0 Å². The SMILES string of the molecule is Clc1ccc(-c2cccc3c2CCN3)cc1. The molecule has 0 bridgehead atoms. The second kappa shape index (κ2) is 3.84. The molecule has 0 saturated carbocycles. The molecule has 0 spiro atoms. The quantitative estimate of drug-likeness (QED) is 0.780. The van der Waals surface area contributed by atoms with Gasteiger partial charge >= 0.3 is 0 Å². The number of halogens is 1. The molecule has 0 fully saturated rings. The van der Waals surface area contributed by atoms with Crippen molar-refractivity contribution in [2.45, 2.75) is 6.42 Å². The van der Waals surface area contributed by atoms with E-state index in [1.54, 1.807) is 0 Å². The lowest BCUT2D eigenvalue weighted by atomic mass is 9.98. The molecule has 2 aromatic rings. The summed E-state index contributed by atoms with van der Waals surface area (Å²) in [5.74, 6) is 0. The Morgan fingerprint density at radius 3 is 2.62 bits per heavy atom. The fraction of sp³-hybridized carbons (Fsp3) is 0.143. The lowest BCUT2D eigenvalue weighted by molar-refractivity contribution is 1.11. The van der Waals surface area contributed by atoms with Crippen molar-refractivity contribution in [1.29, 1.82) is 0 Å². The fourth-order valence-corrected chi connectivity index (χ4v) is 2.37. The molecule has 0 saturated heterocycles. The van der Waals surface area contributed by atoms with E-state index in [-0.39, 0.29) is 0 Å². The van der Waals surface area contributed by atoms with Crippen LogP contribution in [-0.2, 0) is 6.42 Å². The van der Waals surface area contributed by atoms with Crippen molar-refractivity contribution in [3.8, 4) is 11.1 Å². The van der Waals surface area contributed by atoms with E-state index in [9.17, 15) is 0 Å². The first-order chi connectivity index (χ1) is 7.84. The van der Waals surface area contributed by atoms with Gasteiger partial charge in [0.1, 0.15) is 0 Å². The molecule has 3 rings (SSSR count). The van der Waals surface area contributed by atoms with Gasteiger partial charge in [0.2, 0.25) is 0 Å². The molecule has 1 aliphatic heterocycles. The van der Waals surface area contributed by atoms with E-state index in [1.807, 2.05) is 12.1 Å². The van der Waals surface area contributed by atoms with Gasteiger partial charge in [0.15, 0.2) is 0 Å². The first kappa shape index (κ1) is 9.73. The monoisotopic (exact) mass is 229 g/mol. The molecule has 2 aromatic carbocycles. The molecular weight excluding hydrogens is 218 g/mol. The van der Waals surface area contributed by atoms with Gasteiger partial charge in [-0.1, -0.05) is 35.9 Å². The summed E-state index contributed by atoms with van der Waals surface area (Å²) in [4.78, 5) is 0. The molecule has 16 heavy (non-hydrogen) atoms. The molecule has 80 valence electrons. The Kier molecular flexibility index (Phi) is 2.33. The maximum atomic E-state index is 5.90. The third-order valence-electron chi connectivity index (χ3n) is 3.02. The predicted octanol–water partition coefficient (Wildman–Crippen LogP) is 3.98. The van der Waals surface area contributed by atoms with Crippen molar-refractivity contribution >= 4 is 17.3 Å². The average molecular weight is 230 g/mol. The van der Waals surface area contributed by atoms with Gasteiger partial charge in [0, 0.05) is 17.3 Å². The predicted molar refractivity (Wildman–Crippen MR) is 69.1 cm³/mol. The highest BCUT2D eigenvalue weighted by atomic mass is 35.5. The van der Waals surface area contributed by atoms with Crippen LogP contribution < -0.4 is 5.32 Å². The molecule has 0 amide bonds. The van der Waals surface area contributed by atoms with E-state index in [0.717, 1.165) is 18.0 Å². The maximum Gasteiger partial charge on any atom is 0.0406 e. The van der Waals surface area contributed by atoms with E-state index < -0.39 is 0 Å². The van der Waals surface area contributed by atoms with E-state index >= 15 is 0 Å². The normalized spacial score (nSPS) is 13.3. The number of hydrogen-bond acceptors (Lipinski definition) is 1. The third-order valence-corrected chi connectivity index (χ3v) is 3.27. The number of anilines is 1. The van der Waals surface area contributed by atoms with Crippen LogP contribution in [0.15, 0.2) is 42.5 Å². The van der Waals surface area contributed by atoms with Crippen LogP contribution in [0.4, 0.5) is 5.69 Å². The largest absolute Gasteiger partial charge is 0.384 e.